The molecule has 0 spiro atoms. The molecule has 0 bridgehead atoms. The van der Waals surface area contributed by atoms with Crippen molar-refractivity contribution in [3.63, 3.8) is 0 Å². The third kappa shape index (κ3) is 2.58. The van der Waals surface area contributed by atoms with Crippen molar-refractivity contribution in [3.8, 4) is 6.07 Å². The first kappa shape index (κ1) is 15.4. The number of urea groups is 1. The number of imidazole rings is 1. The monoisotopic (exact) mass is 337 g/mol. The molecule has 8 heteroatoms. The maximum atomic E-state index is 12.2. The molecule has 0 unspecified atom stereocenters. The number of amides is 2. The standard InChI is InChI=1S/C17H19N7O/c1-11-3-7-23(17(25)20-6-4-18)10-13(11)16-22-9-12-8-21-15-14(24(12)16)2-5-19-15/h2,5,8-9,11,13,19H,3,6-7,10H2,1H3,(H,20,25)/t11-,13+/m0/s1. The molecule has 0 radical (unpaired) electrons. The topological polar surface area (TPSA) is 102 Å². The predicted molar refractivity (Wildman–Crippen MR) is 92.0 cm³/mol. The number of aromatic amines is 1. The fourth-order valence-corrected chi connectivity index (χ4v) is 3.58. The second-order valence-electron chi connectivity index (χ2n) is 6.48. The third-order valence-corrected chi connectivity index (χ3v) is 4.98. The van der Waals surface area contributed by atoms with Gasteiger partial charge in [-0.2, -0.15) is 5.26 Å². The molecule has 4 heterocycles. The molecule has 128 valence electrons. The number of nitriles is 1. The van der Waals surface area contributed by atoms with Crippen molar-refractivity contribution in [3.05, 3.63) is 30.5 Å². The SMILES string of the molecule is C[C@H]1CCN(C(=O)NCC#N)C[C@H]1c1ncc2cnc3[nH]ccc3n12. The molecule has 3 aromatic rings. The predicted octanol–water partition coefficient (Wildman–Crippen LogP) is 1.87. The molecular formula is C17H19N7O. The van der Waals surface area contributed by atoms with E-state index in [2.05, 4.69) is 31.6 Å². The smallest absolute Gasteiger partial charge is 0.318 e. The first-order valence-electron chi connectivity index (χ1n) is 8.38. The van der Waals surface area contributed by atoms with Crippen LogP contribution in [0.5, 0.6) is 0 Å². The Bertz CT molecular complexity index is 966. The number of nitrogens with zero attached hydrogens (tertiary/aromatic N) is 5. The van der Waals surface area contributed by atoms with Gasteiger partial charge in [0.2, 0.25) is 0 Å². The first-order valence-corrected chi connectivity index (χ1v) is 8.38. The average Bonchev–Trinajstić information content (AvgIpc) is 3.25. The van der Waals surface area contributed by atoms with E-state index in [4.69, 9.17) is 5.26 Å². The van der Waals surface area contributed by atoms with Gasteiger partial charge in [0, 0.05) is 25.2 Å². The maximum absolute atomic E-state index is 12.2. The lowest BCUT2D eigenvalue weighted by Gasteiger charge is -2.36. The molecule has 3 aromatic heterocycles. The van der Waals surface area contributed by atoms with Crippen LogP contribution >= 0.6 is 0 Å². The molecule has 0 saturated carbocycles. The van der Waals surface area contributed by atoms with Crippen molar-refractivity contribution in [2.24, 2.45) is 5.92 Å². The van der Waals surface area contributed by atoms with Gasteiger partial charge >= 0.3 is 6.03 Å². The molecule has 4 rings (SSSR count). The zero-order chi connectivity index (χ0) is 17.4. The Morgan fingerprint density at radius 2 is 2.32 bits per heavy atom. The lowest BCUT2D eigenvalue weighted by Crippen LogP contribution is -2.47. The molecule has 2 atom stereocenters. The van der Waals surface area contributed by atoms with Crippen LogP contribution in [0.25, 0.3) is 16.7 Å². The van der Waals surface area contributed by atoms with Gasteiger partial charge in [-0.3, -0.25) is 4.40 Å². The highest BCUT2D eigenvalue weighted by atomic mass is 16.2. The largest absolute Gasteiger partial charge is 0.345 e. The Morgan fingerprint density at radius 3 is 3.16 bits per heavy atom. The Hall–Kier alpha value is -3.08. The molecule has 1 saturated heterocycles. The van der Waals surface area contributed by atoms with Crippen LogP contribution in [0.3, 0.4) is 0 Å². The van der Waals surface area contributed by atoms with E-state index in [-0.39, 0.29) is 18.5 Å². The normalized spacial score (nSPS) is 20.7. The maximum Gasteiger partial charge on any atom is 0.318 e. The van der Waals surface area contributed by atoms with Crippen LogP contribution in [0, 0.1) is 17.2 Å². The van der Waals surface area contributed by atoms with Crippen LogP contribution in [0.1, 0.15) is 25.1 Å². The Labute approximate surface area is 144 Å². The van der Waals surface area contributed by atoms with Gasteiger partial charge in [-0.1, -0.05) is 6.92 Å². The number of rotatable bonds is 2. The third-order valence-electron chi connectivity index (χ3n) is 4.98. The summed E-state index contributed by atoms with van der Waals surface area (Å²) in [5.41, 5.74) is 2.75. The number of H-pyrrole nitrogens is 1. The quantitative estimate of drug-likeness (QED) is 0.697. The molecule has 0 aromatic carbocycles. The summed E-state index contributed by atoms with van der Waals surface area (Å²) < 4.78 is 2.12. The van der Waals surface area contributed by atoms with Gasteiger partial charge in [0.15, 0.2) is 5.65 Å². The fourth-order valence-electron chi connectivity index (χ4n) is 3.58. The van der Waals surface area contributed by atoms with Crippen molar-refractivity contribution in [1.29, 1.82) is 5.26 Å². The van der Waals surface area contributed by atoms with Crippen LogP contribution in [-0.2, 0) is 0 Å². The van der Waals surface area contributed by atoms with Crippen LogP contribution < -0.4 is 5.32 Å². The van der Waals surface area contributed by atoms with Crippen molar-refractivity contribution in [2.75, 3.05) is 19.6 Å². The summed E-state index contributed by atoms with van der Waals surface area (Å²) in [6.45, 7) is 3.51. The van der Waals surface area contributed by atoms with Gasteiger partial charge in [0.1, 0.15) is 12.4 Å². The van der Waals surface area contributed by atoms with Crippen molar-refractivity contribution >= 4 is 22.7 Å². The number of carbonyl (C=O) groups is 1. The highest BCUT2D eigenvalue weighted by Gasteiger charge is 2.32. The number of piperidine rings is 1. The van der Waals surface area contributed by atoms with Gasteiger partial charge in [0.05, 0.1) is 29.5 Å². The number of likely N-dealkylation sites (tertiary alicyclic amines) is 1. The van der Waals surface area contributed by atoms with Crippen molar-refractivity contribution in [2.45, 2.75) is 19.3 Å². The van der Waals surface area contributed by atoms with E-state index >= 15 is 0 Å². The Kier molecular flexibility index (Phi) is 3.76. The molecule has 2 N–H and O–H groups in total. The highest BCUT2D eigenvalue weighted by Crippen LogP contribution is 2.32. The Morgan fingerprint density at radius 1 is 1.48 bits per heavy atom. The molecule has 0 aliphatic carbocycles. The van der Waals surface area contributed by atoms with Gasteiger partial charge < -0.3 is 15.2 Å². The van der Waals surface area contributed by atoms with E-state index in [0.717, 1.165) is 28.9 Å². The van der Waals surface area contributed by atoms with Gasteiger partial charge in [-0.15, -0.1) is 0 Å². The Balaban J connectivity index is 1.70. The number of hydrogen-bond acceptors (Lipinski definition) is 4. The van der Waals surface area contributed by atoms with E-state index in [1.54, 1.807) is 11.1 Å². The van der Waals surface area contributed by atoms with E-state index in [1.807, 2.05) is 24.5 Å². The minimum absolute atomic E-state index is 0.0253. The van der Waals surface area contributed by atoms with Crippen LogP contribution in [0.4, 0.5) is 4.79 Å². The van der Waals surface area contributed by atoms with E-state index < -0.39 is 0 Å². The lowest BCUT2D eigenvalue weighted by molar-refractivity contribution is 0.160. The lowest BCUT2D eigenvalue weighted by atomic mass is 9.86. The minimum Gasteiger partial charge on any atom is -0.345 e. The number of carbonyl (C=O) groups excluding carboxylic acids is 1. The summed E-state index contributed by atoms with van der Waals surface area (Å²) in [6.07, 6.45) is 6.41. The summed E-state index contributed by atoms with van der Waals surface area (Å²) in [5.74, 6) is 1.49. The van der Waals surface area contributed by atoms with E-state index in [0.29, 0.717) is 19.0 Å². The second kappa shape index (κ2) is 6.09. The molecule has 8 nitrogen and oxygen atoms in total. The van der Waals surface area contributed by atoms with Crippen molar-refractivity contribution in [1.82, 2.24) is 29.6 Å². The summed E-state index contributed by atoms with van der Waals surface area (Å²) in [6, 6.07) is 3.75. The van der Waals surface area contributed by atoms with Gasteiger partial charge in [-0.05, 0) is 18.4 Å². The highest BCUT2D eigenvalue weighted by molar-refractivity contribution is 5.76. The molecule has 1 aliphatic heterocycles. The summed E-state index contributed by atoms with van der Waals surface area (Å²) in [5, 5.41) is 11.3. The number of nitrogens with one attached hydrogen (secondary N) is 2. The second-order valence-corrected chi connectivity index (χ2v) is 6.48. The number of fused-ring (bicyclic) bond motifs is 3. The van der Waals surface area contributed by atoms with Crippen molar-refractivity contribution < 1.29 is 4.79 Å². The summed E-state index contributed by atoms with van der Waals surface area (Å²) in [7, 11) is 0. The zero-order valence-corrected chi connectivity index (χ0v) is 13.9. The zero-order valence-electron chi connectivity index (χ0n) is 13.9. The molecular weight excluding hydrogens is 318 g/mol. The molecule has 1 fully saturated rings. The molecule has 25 heavy (non-hydrogen) atoms. The number of hydrogen-bond donors (Lipinski definition) is 2. The minimum atomic E-state index is -0.187. The van der Waals surface area contributed by atoms with E-state index in [9.17, 15) is 4.79 Å². The number of aromatic nitrogens is 4. The first-order chi connectivity index (χ1) is 12.2. The van der Waals surface area contributed by atoms with Crippen LogP contribution in [0.2, 0.25) is 0 Å². The van der Waals surface area contributed by atoms with Crippen LogP contribution in [-0.4, -0.2) is 49.9 Å². The molecule has 2 amide bonds. The van der Waals surface area contributed by atoms with Crippen LogP contribution in [0.15, 0.2) is 24.7 Å². The summed E-state index contributed by atoms with van der Waals surface area (Å²) >= 11 is 0. The van der Waals surface area contributed by atoms with Gasteiger partial charge in [-0.25, -0.2) is 14.8 Å². The van der Waals surface area contributed by atoms with Gasteiger partial charge in [0.25, 0.3) is 0 Å². The average molecular weight is 337 g/mol. The van der Waals surface area contributed by atoms with E-state index in [1.165, 1.54) is 0 Å². The molecule has 1 aliphatic rings. The fraction of sp³-hybridized carbons (Fsp3) is 0.412. The summed E-state index contributed by atoms with van der Waals surface area (Å²) in [4.78, 5) is 26.2.